The van der Waals surface area contributed by atoms with Gasteiger partial charge in [0.1, 0.15) is 11.5 Å². The van der Waals surface area contributed by atoms with E-state index in [1.165, 1.54) is 0 Å². The van der Waals surface area contributed by atoms with Gasteiger partial charge in [0, 0.05) is 34.8 Å². The molecule has 0 bridgehead atoms. The second kappa shape index (κ2) is 10.4. The topological polar surface area (TPSA) is 145 Å². The van der Waals surface area contributed by atoms with Gasteiger partial charge in [-0.2, -0.15) is 15.0 Å². The number of aromatic nitrogens is 3. The van der Waals surface area contributed by atoms with E-state index in [9.17, 15) is 10.2 Å². The molecule has 10 nitrogen and oxygen atoms in total. The molecule has 33 heavy (non-hydrogen) atoms. The monoisotopic (exact) mass is 448 g/mol. The predicted molar refractivity (Wildman–Crippen MR) is 127 cm³/mol. The number of aromatic hydroxyl groups is 2. The third kappa shape index (κ3) is 5.76. The number of anilines is 5. The fraction of sp³-hybridized carbons (Fsp3) is 0.174. The van der Waals surface area contributed by atoms with Crippen molar-refractivity contribution in [3.8, 4) is 11.5 Å². The Kier molecular flexibility index (Phi) is 6.98. The first-order valence-corrected chi connectivity index (χ1v) is 10.3. The average molecular weight is 448 g/mol. The highest BCUT2D eigenvalue weighted by atomic mass is 16.5. The molecule has 0 spiro atoms. The first kappa shape index (κ1) is 22.1. The summed E-state index contributed by atoms with van der Waals surface area (Å²) in [4.78, 5) is 13.3. The van der Waals surface area contributed by atoms with Crippen molar-refractivity contribution in [3.05, 3.63) is 60.7 Å². The number of phenols is 2. The Morgan fingerprint density at radius 2 is 1.52 bits per heavy atom. The van der Waals surface area contributed by atoms with Gasteiger partial charge in [-0.3, -0.25) is 0 Å². The van der Waals surface area contributed by atoms with Crippen molar-refractivity contribution in [2.75, 3.05) is 42.3 Å². The Balaban J connectivity index is 1.62. The van der Waals surface area contributed by atoms with Gasteiger partial charge in [-0.15, -0.1) is 0 Å². The number of benzene rings is 3. The third-order valence-corrected chi connectivity index (χ3v) is 4.65. The van der Waals surface area contributed by atoms with Gasteiger partial charge in [0.05, 0.1) is 19.8 Å². The van der Waals surface area contributed by atoms with Gasteiger partial charge in [0.2, 0.25) is 17.8 Å². The van der Waals surface area contributed by atoms with Crippen LogP contribution in [0.5, 0.6) is 11.5 Å². The zero-order valence-corrected chi connectivity index (χ0v) is 17.7. The smallest absolute Gasteiger partial charge is 0.233 e. The van der Waals surface area contributed by atoms with E-state index in [1.807, 2.05) is 24.3 Å². The Morgan fingerprint density at radius 1 is 0.758 bits per heavy atom. The number of rotatable bonds is 10. The maximum atomic E-state index is 10.2. The summed E-state index contributed by atoms with van der Waals surface area (Å²) in [6, 6.07) is 17.4. The average Bonchev–Trinajstić information content (AvgIpc) is 2.81. The molecule has 0 saturated carbocycles. The van der Waals surface area contributed by atoms with Crippen LogP contribution < -0.4 is 16.0 Å². The van der Waals surface area contributed by atoms with Gasteiger partial charge in [0.15, 0.2) is 0 Å². The predicted octanol–water partition coefficient (Wildman–Crippen LogP) is 3.34. The second-order valence-electron chi connectivity index (χ2n) is 7.05. The molecule has 4 rings (SSSR count). The van der Waals surface area contributed by atoms with E-state index in [2.05, 4.69) is 30.9 Å². The molecule has 6 N–H and O–H groups in total. The zero-order valence-electron chi connectivity index (χ0n) is 17.7. The molecule has 0 aliphatic rings. The van der Waals surface area contributed by atoms with Crippen LogP contribution in [0.2, 0.25) is 0 Å². The molecule has 0 aliphatic heterocycles. The van der Waals surface area contributed by atoms with E-state index < -0.39 is 0 Å². The van der Waals surface area contributed by atoms with E-state index in [-0.39, 0.29) is 36.6 Å². The van der Waals surface area contributed by atoms with E-state index in [4.69, 9.17) is 9.84 Å². The van der Waals surface area contributed by atoms with Crippen molar-refractivity contribution in [3.63, 3.8) is 0 Å². The lowest BCUT2D eigenvalue weighted by Crippen LogP contribution is -2.15. The highest BCUT2D eigenvalue weighted by Crippen LogP contribution is 2.32. The number of nitrogens with one attached hydrogen (secondary N) is 3. The molecular formula is C23H24N6O4. The number of aliphatic hydroxyl groups excluding tert-OH is 1. The lowest BCUT2D eigenvalue weighted by Gasteiger charge is -2.13. The largest absolute Gasteiger partial charge is 0.508 e. The first-order valence-electron chi connectivity index (χ1n) is 10.3. The standard InChI is InChI=1S/C23H24N6O4/c30-11-13-33-12-10-24-21-27-22(25-15-4-3-5-16(31)14-15)29-23(28-21)26-19-8-9-20(32)18-7-2-1-6-17(18)19/h1-9,14,30-32H,10-13H2,(H3,24,25,26,27,28,29). The highest BCUT2D eigenvalue weighted by Gasteiger charge is 2.11. The number of phenolic OH excluding ortho intramolecular Hbond substituents is 2. The number of fused-ring (bicyclic) bond motifs is 1. The summed E-state index contributed by atoms with van der Waals surface area (Å²) in [5.74, 6) is 1.15. The molecule has 1 heterocycles. The summed E-state index contributed by atoms with van der Waals surface area (Å²) < 4.78 is 5.26. The molecule has 0 atom stereocenters. The van der Waals surface area contributed by atoms with Crippen LogP contribution in [0, 0.1) is 0 Å². The first-order chi connectivity index (χ1) is 16.1. The van der Waals surface area contributed by atoms with Crippen molar-refractivity contribution in [1.82, 2.24) is 15.0 Å². The van der Waals surface area contributed by atoms with Crippen LogP contribution in [0.15, 0.2) is 60.7 Å². The number of hydrogen-bond donors (Lipinski definition) is 6. The molecular weight excluding hydrogens is 424 g/mol. The minimum atomic E-state index is -0.0433. The maximum Gasteiger partial charge on any atom is 0.233 e. The molecule has 0 aliphatic carbocycles. The van der Waals surface area contributed by atoms with Crippen LogP contribution in [-0.2, 0) is 4.74 Å². The van der Waals surface area contributed by atoms with Crippen LogP contribution in [0.25, 0.3) is 10.8 Å². The van der Waals surface area contributed by atoms with Gasteiger partial charge in [-0.25, -0.2) is 0 Å². The highest BCUT2D eigenvalue weighted by molar-refractivity contribution is 5.98. The van der Waals surface area contributed by atoms with Crippen molar-refractivity contribution in [1.29, 1.82) is 0 Å². The van der Waals surface area contributed by atoms with Crippen LogP contribution in [0.3, 0.4) is 0 Å². The van der Waals surface area contributed by atoms with Crippen molar-refractivity contribution >= 4 is 40.0 Å². The molecule has 0 saturated heterocycles. The molecule has 0 radical (unpaired) electrons. The Bertz CT molecular complexity index is 1240. The number of hydrogen-bond acceptors (Lipinski definition) is 10. The fourth-order valence-corrected chi connectivity index (χ4v) is 3.19. The third-order valence-electron chi connectivity index (χ3n) is 4.65. The van der Waals surface area contributed by atoms with Gasteiger partial charge in [-0.05, 0) is 24.3 Å². The summed E-state index contributed by atoms with van der Waals surface area (Å²) in [6.07, 6.45) is 0. The molecule has 0 amide bonds. The van der Waals surface area contributed by atoms with E-state index in [0.29, 0.717) is 30.2 Å². The normalized spacial score (nSPS) is 10.8. The van der Waals surface area contributed by atoms with Gasteiger partial charge in [0.25, 0.3) is 0 Å². The Morgan fingerprint density at radius 3 is 2.30 bits per heavy atom. The number of aliphatic hydroxyl groups is 1. The molecule has 4 aromatic rings. The SMILES string of the molecule is OCCOCCNc1nc(Nc2cccc(O)c2)nc(Nc2ccc(O)c3ccccc23)n1. The van der Waals surface area contributed by atoms with Crippen LogP contribution in [-0.4, -0.2) is 56.6 Å². The van der Waals surface area contributed by atoms with Gasteiger partial charge >= 0.3 is 0 Å². The molecule has 1 aromatic heterocycles. The minimum absolute atomic E-state index is 0.0433. The summed E-state index contributed by atoms with van der Waals surface area (Å²) in [7, 11) is 0. The molecule has 0 unspecified atom stereocenters. The molecule has 170 valence electrons. The van der Waals surface area contributed by atoms with E-state index in [1.54, 1.807) is 36.4 Å². The minimum Gasteiger partial charge on any atom is -0.508 e. The second-order valence-corrected chi connectivity index (χ2v) is 7.05. The van der Waals surface area contributed by atoms with Gasteiger partial charge in [-0.1, -0.05) is 30.3 Å². The van der Waals surface area contributed by atoms with Crippen molar-refractivity contribution in [2.24, 2.45) is 0 Å². The van der Waals surface area contributed by atoms with Crippen LogP contribution in [0.4, 0.5) is 29.2 Å². The van der Waals surface area contributed by atoms with Crippen LogP contribution in [0.1, 0.15) is 0 Å². The summed E-state index contributed by atoms with van der Waals surface area (Å²) in [5, 5.41) is 39.6. The maximum absolute atomic E-state index is 10.2. The number of nitrogens with zero attached hydrogens (tertiary/aromatic N) is 3. The Labute approximate surface area is 189 Å². The molecule has 0 fully saturated rings. The van der Waals surface area contributed by atoms with Crippen molar-refractivity contribution < 1.29 is 20.1 Å². The summed E-state index contributed by atoms with van der Waals surface area (Å²) >= 11 is 0. The number of ether oxygens (including phenoxy) is 1. The van der Waals surface area contributed by atoms with Crippen molar-refractivity contribution in [2.45, 2.75) is 0 Å². The van der Waals surface area contributed by atoms with Crippen LogP contribution >= 0.6 is 0 Å². The van der Waals surface area contributed by atoms with Gasteiger partial charge < -0.3 is 36.0 Å². The summed E-state index contributed by atoms with van der Waals surface area (Å²) in [5.41, 5.74) is 1.33. The lowest BCUT2D eigenvalue weighted by atomic mass is 10.1. The Hall–Kier alpha value is -4.15. The zero-order chi connectivity index (χ0) is 23.0. The van der Waals surface area contributed by atoms with E-state index >= 15 is 0 Å². The van der Waals surface area contributed by atoms with E-state index in [0.717, 1.165) is 11.1 Å². The summed E-state index contributed by atoms with van der Waals surface area (Å²) in [6.45, 7) is 1.01. The quantitative estimate of drug-likeness (QED) is 0.158. The molecule has 3 aromatic carbocycles. The fourth-order valence-electron chi connectivity index (χ4n) is 3.19. The lowest BCUT2D eigenvalue weighted by molar-refractivity contribution is 0.0991. The molecule has 10 heteroatoms.